The maximum absolute atomic E-state index is 11.2. The molecule has 0 radical (unpaired) electrons. The molecule has 0 amide bonds. The lowest BCUT2D eigenvalue weighted by molar-refractivity contribution is -0.198. The van der Waals surface area contributed by atoms with Gasteiger partial charge in [0.1, 0.15) is 0 Å². The molecule has 23 heavy (non-hydrogen) atoms. The normalized spacial score (nSPS) is 57.7. The van der Waals surface area contributed by atoms with E-state index in [0.717, 1.165) is 25.7 Å². The van der Waals surface area contributed by atoms with E-state index < -0.39 is 5.60 Å². The van der Waals surface area contributed by atoms with Gasteiger partial charge in [0.05, 0.1) is 18.3 Å². The van der Waals surface area contributed by atoms with Crippen molar-refractivity contribution in [2.45, 2.75) is 83.8 Å². The van der Waals surface area contributed by atoms with E-state index in [2.05, 4.69) is 20.8 Å². The number of hydrogen-bond donors (Lipinski definition) is 3. The molecular weight excluding hydrogens is 288 g/mol. The fourth-order valence-electron chi connectivity index (χ4n) is 8.01. The summed E-state index contributed by atoms with van der Waals surface area (Å²) in [6, 6.07) is 0. The SMILES string of the molecule is CC1(C)CCC[C@]2(C)[C@@H]1C[C@H](O)[C@@]13C[C@@H](CC[C@@H]21)[C@@](O)(CO)C3. The molecular formula is C20H34O3. The van der Waals surface area contributed by atoms with Crippen molar-refractivity contribution in [3.63, 3.8) is 0 Å². The second-order valence-electron chi connectivity index (χ2n) is 10.4. The number of aliphatic hydroxyl groups excluding tert-OH is 2. The minimum atomic E-state index is -0.955. The van der Waals surface area contributed by atoms with Crippen LogP contribution in [0, 0.1) is 34.0 Å². The lowest BCUT2D eigenvalue weighted by atomic mass is 9.40. The van der Waals surface area contributed by atoms with Gasteiger partial charge in [0.15, 0.2) is 0 Å². The number of fused-ring (bicyclic) bond motifs is 3. The Hall–Kier alpha value is -0.120. The van der Waals surface area contributed by atoms with Crippen molar-refractivity contribution in [1.29, 1.82) is 0 Å². The first kappa shape index (κ1) is 16.4. The number of aliphatic hydroxyl groups is 3. The highest BCUT2D eigenvalue weighted by atomic mass is 16.3. The van der Waals surface area contributed by atoms with Gasteiger partial charge in [-0.05, 0) is 73.5 Å². The fraction of sp³-hybridized carbons (Fsp3) is 1.00. The highest BCUT2D eigenvalue weighted by Crippen LogP contribution is 2.72. The molecule has 0 heterocycles. The standard InChI is InChI=1S/C20H34O3/c1-17(2)7-4-8-18(3)14-6-5-13-10-19(14,11-20(13,23)12-21)16(22)9-15(17)18/h13-16,21-23H,4-12H2,1-3H3/t13-,14+,15-,16+,18+,19-,20+/m1/s1. The van der Waals surface area contributed by atoms with E-state index in [-0.39, 0.29) is 29.5 Å². The molecule has 4 aliphatic rings. The number of rotatable bonds is 1. The van der Waals surface area contributed by atoms with Crippen LogP contribution in [0.1, 0.15) is 72.1 Å². The van der Waals surface area contributed by atoms with Gasteiger partial charge in [-0.1, -0.05) is 27.2 Å². The van der Waals surface area contributed by atoms with Gasteiger partial charge in [0, 0.05) is 5.41 Å². The fourth-order valence-corrected chi connectivity index (χ4v) is 8.01. The van der Waals surface area contributed by atoms with Crippen LogP contribution >= 0.6 is 0 Å². The quantitative estimate of drug-likeness (QED) is 0.695. The summed E-state index contributed by atoms with van der Waals surface area (Å²) in [7, 11) is 0. The zero-order valence-electron chi connectivity index (χ0n) is 15.0. The zero-order chi connectivity index (χ0) is 16.7. The van der Waals surface area contributed by atoms with E-state index in [0.29, 0.717) is 23.7 Å². The average Bonchev–Trinajstić information content (AvgIpc) is 2.71. The molecule has 4 aliphatic carbocycles. The van der Waals surface area contributed by atoms with Crippen LogP contribution in [0.25, 0.3) is 0 Å². The van der Waals surface area contributed by atoms with Gasteiger partial charge in [-0.2, -0.15) is 0 Å². The first-order valence-electron chi connectivity index (χ1n) is 9.69. The Morgan fingerprint density at radius 3 is 2.48 bits per heavy atom. The Balaban J connectivity index is 1.77. The van der Waals surface area contributed by atoms with E-state index >= 15 is 0 Å². The second kappa shape index (κ2) is 4.74. The Labute approximate surface area is 140 Å². The van der Waals surface area contributed by atoms with Gasteiger partial charge in [-0.15, -0.1) is 0 Å². The van der Waals surface area contributed by atoms with Crippen LogP contribution < -0.4 is 0 Å². The van der Waals surface area contributed by atoms with Crippen molar-refractivity contribution in [2.24, 2.45) is 34.0 Å². The van der Waals surface area contributed by atoms with Crippen molar-refractivity contribution in [2.75, 3.05) is 6.61 Å². The molecule has 0 aromatic heterocycles. The molecule has 1 spiro atoms. The van der Waals surface area contributed by atoms with Crippen molar-refractivity contribution >= 4 is 0 Å². The summed E-state index contributed by atoms with van der Waals surface area (Å²) in [5.41, 5.74) is -0.521. The van der Waals surface area contributed by atoms with Crippen molar-refractivity contribution in [3.05, 3.63) is 0 Å². The molecule has 0 saturated heterocycles. The van der Waals surface area contributed by atoms with Gasteiger partial charge in [0.2, 0.25) is 0 Å². The maximum Gasteiger partial charge on any atom is 0.0911 e. The van der Waals surface area contributed by atoms with Crippen molar-refractivity contribution < 1.29 is 15.3 Å². The third-order valence-corrected chi connectivity index (χ3v) is 8.99. The molecule has 2 bridgehead atoms. The van der Waals surface area contributed by atoms with Gasteiger partial charge in [-0.3, -0.25) is 0 Å². The first-order chi connectivity index (χ1) is 10.7. The first-order valence-corrected chi connectivity index (χ1v) is 9.69. The summed E-state index contributed by atoms with van der Waals surface area (Å²) in [4.78, 5) is 0. The second-order valence-corrected chi connectivity index (χ2v) is 10.4. The molecule has 0 unspecified atom stereocenters. The van der Waals surface area contributed by atoms with Gasteiger partial charge < -0.3 is 15.3 Å². The predicted molar refractivity (Wildman–Crippen MR) is 89.8 cm³/mol. The zero-order valence-corrected chi connectivity index (χ0v) is 15.0. The minimum absolute atomic E-state index is 0.148. The summed E-state index contributed by atoms with van der Waals surface area (Å²) in [6.45, 7) is 7.12. The summed E-state index contributed by atoms with van der Waals surface area (Å²) >= 11 is 0. The molecule has 3 heteroatoms. The molecule has 0 aromatic rings. The Bertz CT molecular complexity index is 503. The van der Waals surface area contributed by atoms with Crippen LogP contribution in [0.2, 0.25) is 0 Å². The lowest BCUT2D eigenvalue weighted by Gasteiger charge is -2.65. The van der Waals surface area contributed by atoms with Crippen LogP contribution in [-0.2, 0) is 0 Å². The molecule has 4 fully saturated rings. The van der Waals surface area contributed by atoms with Crippen LogP contribution in [0.5, 0.6) is 0 Å². The average molecular weight is 322 g/mol. The van der Waals surface area contributed by atoms with Crippen LogP contribution in [-0.4, -0.2) is 33.6 Å². The largest absolute Gasteiger partial charge is 0.393 e. The lowest BCUT2D eigenvalue weighted by Crippen LogP contribution is -2.61. The van der Waals surface area contributed by atoms with E-state index in [4.69, 9.17) is 0 Å². The van der Waals surface area contributed by atoms with Crippen molar-refractivity contribution in [1.82, 2.24) is 0 Å². The van der Waals surface area contributed by atoms with Crippen molar-refractivity contribution in [3.8, 4) is 0 Å². The van der Waals surface area contributed by atoms with E-state index in [1.165, 1.54) is 19.3 Å². The third kappa shape index (κ3) is 1.93. The molecule has 4 rings (SSSR count). The highest BCUT2D eigenvalue weighted by molar-refractivity contribution is 5.19. The molecule has 0 aliphatic heterocycles. The minimum Gasteiger partial charge on any atom is -0.393 e. The summed E-state index contributed by atoms with van der Waals surface area (Å²) in [5, 5.41) is 31.9. The Kier molecular flexibility index (Phi) is 3.37. The molecule has 4 saturated carbocycles. The molecule has 0 aromatic carbocycles. The monoisotopic (exact) mass is 322 g/mol. The Morgan fingerprint density at radius 1 is 1.04 bits per heavy atom. The van der Waals surface area contributed by atoms with E-state index in [9.17, 15) is 15.3 Å². The van der Waals surface area contributed by atoms with Crippen LogP contribution in [0.15, 0.2) is 0 Å². The molecule has 3 nitrogen and oxygen atoms in total. The topological polar surface area (TPSA) is 60.7 Å². The smallest absolute Gasteiger partial charge is 0.0911 e. The molecule has 7 atom stereocenters. The molecule has 3 N–H and O–H groups in total. The summed E-state index contributed by atoms with van der Waals surface area (Å²) < 4.78 is 0. The molecule has 132 valence electrons. The van der Waals surface area contributed by atoms with Gasteiger partial charge in [0.25, 0.3) is 0 Å². The van der Waals surface area contributed by atoms with Crippen LogP contribution in [0.4, 0.5) is 0 Å². The summed E-state index contributed by atoms with van der Waals surface area (Å²) in [5.74, 6) is 1.25. The van der Waals surface area contributed by atoms with Crippen LogP contribution in [0.3, 0.4) is 0 Å². The maximum atomic E-state index is 11.2. The number of hydrogen-bond acceptors (Lipinski definition) is 3. The van der Waals surface area contributed by atoms with E-state index in [1.807, 2.05) is 0 Å². The van der Waals surface area contributed by atoms with Gasteiger partial charge in [-0.25, -0.2) is 0 Å². The Morgan fingerprint density at radius 2 is 1.78 bits per heavy atom. The third-order valence-electron chi connectivity index (χ3n) is 8.99. The van der Waals surface area contributed by atoms with Gasteiger partial charge >= 0.3 is 0 Å². The van der Waals surface area contributed by atoms with E-state index in [1.54, 1.807) is 0 Å². The highest BCUT2D eigenvalue weighted by Gasteiger charge is 2.69. The predicted octanol–water partition coefficient (Wildman–Crippen LogP) is 3.11. The summed E-state index contributed by atoms with van der Waals surface area (Å²) in [6.07, 6.45) is 8.04.